The summed E-state index contributed by atoms with van der Waals surface area (Å²) in [5.41, 5.74) is 1.99. The van der Waals surface area contributed by atoms with Gasteiger partial charge in [0.05, 0.1) is 6.07 Å². The molecule has 1 N–H and O–H groups in total. The molecule has 1 unspecified atom stereocenters. The highest BCUT2D eigenvalue weighted by atomic mass is 19.4. The van der Waals surface area contributed by atoms with Crippen molar-refractivity contribution in [3.05, 3.63) is 35.9 Å². The molecule has 1 atom stereocenters. The van der Waals surface area contributed by atoms with E-state index in [1.807, 2.05) is 0 Å². The van der Waals surface area contributed by atoms with Crippen molar-refractivity contribution in [1.29, 1.82) is 5.26 Å². The molecule has 0 aliphatic rings. The van der Waals surface area contributed by atoms with Gasteiger partial charge in [0, 0.05) is 0 Å². The molecule has 1 rings (SSSR count). The average Bonchev–Trinajstić information content (AvgIpc) is 2.29. The van der Waals surface area contributed by atoms with E-state index in [1.54, 1.807) is 29.7 Å². The first-order valence-electron chi connectivity index (χ1n) is 4.87. The van der Waals surface area contributed by atoms with Gasteiger partial charge in [0.1, 0.15) is 0 Å². The number of carbonyl (C=O) groups excluding carboxylic acids is 1. The van der Waals surface area contributed by atoms with E-state index in [0.717, 1.165) is 0 Å². The van der Waals surface area contributed by atoms with Crippen LogP contribution in [0.2, 0.25) is 0 Å². The number of alkyl halides is 3. The Balaban J connectivity index is 2.57. The number of rotatable bonds is 4. The smallest absolute Gasteiger partial charge is 0.271 e. The Morgan fingerprint density at radius 3 is 2.50 bits per heavy atom. The molecule has 0 saturated heterocycles. The van der Waals surface area contributed by atoms with E-state index < -0.39 is 24.6 Å². The van der Waals surface area contributed by atoms with Crippen molar-refractivity contribution in [1.82, 2.24) is 5.48 Å². The van der Waals surface area contributed by atoms with Crippen molar-refractivity contribution in [2.45, 2.75) is 12.1 Å². The van der Waals surface area contributed by atoms with Crippen LogP contribution in [0.5, 0.6) is 0 Å². The highest BCUT2D eigenvalue weighted by Gasteiger charge is 2.29. The van der Waals surface area contributed by atoms with Crippen LogP contribution in [-0.2, 0) is 9.63 Å². The Morgan fingerprint density at radius 2 is 2.00 bits per heavy atom. The molecule has 0 bridgehead atoms. The highest BCUT2D eigenvalue weighted by molar-refractivity contribution is 5.85. The van der Waals surface area contributed by atoms with Crippen molar-refractivity contribution in [3.63, 3.8) is 0 Å². The third kappa shape index (κ3) is 4.43. The number of halogens is 3. The molecule has 0 heterocycles. The number of hydroxylamine groups is 1. The van der Waals surface area contributed by atoms with Gasteiger partial charge in [-0.05, 0) is 5.56 Å². The molecule has 4 nitrogen and oxygen atoms in total. The Kier molecular flexibility index (Phi) is 4.68. The summed E-state index contributed by atoms with van der Waals surface area (Å²) >= 11 is 0. The molecular formula is C11H9F3N2O2. The second-order valence-corrected chi connectivity index (χ2v) is 3.34. The first-order chi connectivity index (χ1) is 8.44. The van der Waals surface area contributed by atoms with Crippen LogP contribution in [0.3, 0.4) is 0 Å². The lowest BCUT2D eigenvalue weighted by Gasteiger charge is -2.11. The summed E-state index contributed by atoms with van der Waals surface area (Å²) in [5, 5.41) is 8.82. The maximum absolute atomic E-state index is 11.8. The van der Waals surface area contributed by atoms with Gasteiger partial charge in [0.25, 0.3) is 5.91 Å². The van der Waals surface area contributed by atoms with Gasteiger partial charge < -0.3 is 0 Å². The summed E-state index contributed by atoms with van der Waals surface area (Å²) in [4.78, 5) is 15.4. The van der Waals surface area contributed by atoms with Crippen LogP contribution < -0.4 is 5.48 Å². The molecule has 7 heteroatoms. The average molecular weight is 258 g/mol. The van der Waals surface area contributed by atoms with Gasteiger partial charge >= 0.3 is 6.18 Å². The standard InChI is InChI=1S/C11H9F3N2O2/c12-11(13,14)7-18-16-10(17)9(6-15)8-4-2-1-3-5-8/h1-5,9H,7H2,(H,16,17). The van der Waals surface area contributed by atoms with Crippen molar-refractivity contribution >= 4 is 5.91 Å². The summed E-state index contributed by atoms with van der Waals surface area (Å²) < 4.78 is 35.3. The van der Waals surface area contributed by atoms with Gasteiger partial charge in [-0.3, -0.25) is 9.63 Å². The van der Waals surface area contributed by atoms with Crippen LogP contribution in [0.1, 0.15) is 11.5 Å². The molecular weight excluding hydrogens is 249 g/mol. The molecule has 1 aromatic rings. The fourth-order valence-electron chi connectivity index (χ4n) is 1.18. The monoisotopic (exact) mass is 258 g/mol. The van der Waals surface area contributed by atoms with Crippen molar-refractivity contribution in [2.24, 2.45) is 0 Å². The molecule has 0 aromatic heterocycles. The first kappa shape index (κ1) is 14.0. The van der Waals surface area contributed by atoms with Crippen molar-refractivity contribution < 1.29 is 22.8 Å². The van der Waals surface area contributed by atoms with Gasteiger partial charge in [-0.1, -0.05) is 30.3 Å². The second kappa shape index (κ2) is 6.02. The summed E-state index contributed by atoms with van der Waals surface area (Å²) in [7, 11) is 0. The van der Waals surface area contributed by atoms with E-state index in [-0.39, 0.29) is 0 Å². The minimum atomic E-state index is -4.54. The number of carbonyl (C=O) groups is 1. The van der Waals surface area contributed by atoms with Gasteiger partial charge in [0.15, 0.2) is 12.5 Å². The molecule has 0 fully saturated rings. The number of hydrogen-bond donors (Lipinski definition) is 1. The Labute approximate surface area is 101 Å². The number of nitrogens with zero attached hydrogens (tertiary/aromatic N) is 1. The number of amides is 1. The molecule has 1 aromatic carbocycles. The number of benzene rings is 1. The SMILES string of the molecule is N#CC(C(=O)NOCC(F)(F)F)c1ccccc1. The van der Waals surface area contributed by atoms with E-state index in [2.05, 4.69) is 4.84 Å². The normalized spacial score (nSPS) is 12.6. The highest BCUT2D eigenvalue weighted by Crippen LogP contribution is 2.16. The third-order valence-corrected chi connectivity index (χ3v) is 1.93. The number of hydrogen-bond acceptors (Lipinski definition) is 3. The largest absolute Gasteiger partial charge is 0.414 e. The molecule has 0 aliphatic heterocycles. The Morgan fingerprint density at radius 1 is 1.39 bits per heavy atom. The van der Waals surface area contributed by atoms with Crippen LogP contribution >= 0.6 is 0 Å². The van der Waals surface area contributed by atoms with E-state index in [9.17, 15) is 18.0 Å². The van der Waals surface area contributed by atoms with Gasteiger partial charge in [0.2, 0.25) is 0 Å². The molecule has 18 heavy (non-hydrogen) atoms. The summed E-state index contributed by atoms with van der Waals surface area (Å²) in [5.74, 6) is -2.15. The molecule has 0 spiro atoms. The van der Waals surface area contributed by atoms with E-state index in [4.69, 9.17) is 5.26 Å². The maximum atomic E-state index is 11.8. The molecule has 0 radical (unpaired) electrons. The van der Waals surface area contributed by atoms with Crippen LogP contribution in [0, 0.1) is 11.3 Å². The number of nitrogens with one attached hydrogen (secondary N) is 1. The lowest BCUT2D eigenvalue weighted by molar-refractivity contribution is -0.191. The summed E-state index contributed by atoms with van der Waals surface area (Å²) in [6.45, 7) is -1.61. The zero-order valence-electron chi connectivity index (χ0n) is 9.07. The van der Waals surface area contributed by atoms with Crippen LogP contribution in [-0.4, -0.2) is 18.7 Å². The third-order valence-electron chi connectivity index (χ3n) is 1.93. The molecule has 1 amide bonds. The fraction of sp³-hybridized carbons (Fsp3) is 0.273. The second-order valence-electron chi connectivity index (χ2n) is 3.34. The first-order valence-corrected chi connectivity index (χ1v) is 4.87. The lowest BCUT2D eigenvalue weighted by Crippen LogP contribution is -2.32. The maximum Gasteiger partial charge on any atom is 0.414 e. The lowest BCUT2D eigenvalue weighted by atomic mass is 10.0. The van der Waals surface area contributed by atoms with E-state index >= 15 is 0 Å². The van der Waals surface area contributed by atoms with Crippen LogP contribution in [0.15, 0.2) is 30.3 Å². The fourth-order valence-corrected chi connectivity index (χ4v) is 1.18. The Bertz CT molecular complexity index is 440. The predicted molar refractivity (Wildman–Crippen MR) is 54.9 cm³/mol. The zero-order chi connectivity index (χ0) is 13.6. The van der Waals surface area contributed by atoms with Crippen LogP contribution in [0.25, 0.3) is 0 Å². The van der Waals surface area contributed by atoms with Gasteiger partial charge in [-0.25, -0.2) is 5.48 Å². The minimum absolute atomic E-state index is 0.383. The minimum Gasteiger partial charge on any atom is -0.271 e. The summed E-state index contributed by atoms with van der Waals surface area (Å²) in [6.07, 6.45) is -4.54. The van der Waals surface area contributed by atoms with E-state index in [0.29, 0.717) is 5.56 Å². The predicted octanol–water partition coefficient (Wildman–Crippen LogP) is 1.90. The molecule has 96 valence electrons. The number of nitriles is 1. The van der Waals surface area contributed by atoms with Gasteiger partial charge in [-0.15, -0.1) is 0 Å². The zero-order valence-corrected chi connectivity index (χ0v) is 9.07. The van der Waals surface area contributed by atoms with E-state index in [1.165, 1.54) is 12.1 Å². The molecule has 0 aliphatic carbocycles. The van der Waals surface area contributed by atoms with Crippen molar-refractivity contribution in [3.8, 4) is 6.07 Å². The van der Waals surface area contributed by atoms with Crippen LogP contribution in [0.4, 0.5) is 13.2 Å². The Hall–Kier alpha value is -2.07. The molecule has 0 saturated carbocycles. The van der Waals surface area contributed by atoms with Crippen molar-refractivity contribution in [2.75, 3.05) is 6.61 Å². The summed E-state index contributed by atoms with van der Waals surface area (Å²) in [6, 6.07) is 9.66. The quantitative estimate of drug-likeness (QED) is 0.839. The van der Waals surface area contributed by atoms with Gasteiger partial charge in [-0.2, -0.15) is 18.4 Å². The topological polar surface area (TPSA) is 62.1 Å².